The number of thioether (sulfide) groups is 1. The van der Waals surface area contributed by atoms with Crippen LogP contribution in [0.5, 0.6) is 0 Å². The smallest absolute Gasteiger partial charge is 0.184 e. The van der Waals surface area contributed by atoms with Gasteiger partial charge in [0.2, 0.25) is 0 Å². The maximum Gasteiger partial charge on any atom is 0.184 e. The summed E-state index contributed by atoms with van der Waals surface area (Å²) < 4.78 is 5.52. The molecule has 0 aliphatic heterocycles. The number of rotatable bonds is 5. The third kappa shape index (κ3) is 3.17. The molecule has 0 aliphatic rings. The Morgan fingerprint density at radius 1 is 1.32 bits per heavy atom. The molecular weight excluding hydrogens is 356 g/mol. The van der Waals surface area contributed by atoms with Crippen molar-refractivity contribution in [3.63, 3.8) is 0 Å². The number of pyridine rings is 1. The normalized spacial score (nSPS) is 10.7. The molecule has 0 atom stereocenters. The van der Waals surface area contributed by atoms with Crippen molar-refractivity contribution in [1.82, 2.24) is 25.6 Å². The molecular formula is C16H10N6OS2. The lowest BCUT2D eigenvalue weighted by atomic mass is 10.1. The van der Waals surface area contributed by atoms with E-state index in [-0.39, 0.29) is 0 Å². The van der Waals surface area contributed by atoms with Crippen molar-refractivity contribution in [2.45, 2.75) is 10.8 Å². The fraction of sp³-hybridized carbons (Fsp3) is 0.0625. The summed E-state index contributed by atoms with van der Waals surface area (Å²) in [5.41, 5.74) is 2.00. The Labute approximate surface area is 150 Å². The fourth-order valence-corrected chi connectivity index (χ4v) is 3.82. The second-order valence-corrected chi connectivity index (χ2v) is 6.83. The first-order valence-corrected chi connectivity index (χ1v) is 9.09. The zero-order valence-electron chi connectivity index (χ0n) is 12.7. The monoisotopic (exact) mass is 366 g/mol. The topological polar surface area (TPSA) is 104 Å². The van der Waals surface area contributed by atoms with E-state index in [0.717, 1.165) is 16.1 Å². The lowest BCUT2D eigenvalue weighted by molar-refractivity contribution is 0.582. The summed E-state index contributed by atoms with van der Waals surface area (Å²) in [6.45, 7) is 0. The molecule has 0 fully saturated rings. The molecule has 4 aromatic rings. The van der Waals surface area contributed by atoms with Crippen molar-refractivity contribution >= 4 is 23.1 Å². The highest BCUT2D eigenvalue weighted by Gasteiger charge is 2.18. The molecule has 0 bridgehead atoms. The number of tetrazole rings is 1. The van der Waals surface area contributed by atoms with E-state index in [4.69, 9.17) is 4.42 Å². The van der Waals surface area contributed by atoms with Gasteiger partial charge in [-0.1, -0.05) is 23.0 Å². The predicted molar refractivity (Wildman–Crippen MR) is 93.7 cm³/mol. The molecule has 0 saturated heterocycles. The Balaban J connectivity index is 1.81. The molecule has 4 heterocycles. The molecule has 0 unspecified atom stereocenters. The first kappa shape index (κ1) is 15.6. The van der Waals surface area contributed by atoms with Gasteiger partial charge in [-0.15, -0.1) is 21.5 Å². The Kier molecular flexibility index (Phi) is 4.28. The van der Waals surface area contributed by atoms with Gasteiger partial charge in [-0.05, 0) is 29.6 Å². The molecule has 9 heteroatoms. The highest BCUT2D eigenvalue weighted by Crippen LogP contribution is 2.36. The number of H-pyrrole nitrogens is 1. The average molecular weight is 366 g/mol. The van der Waals surface area contributed by atoms with Crippen LogP contribution in [0.15, 0.2) is 51.4 Å². The standard InChI is InChI=1S/C16H10N6OS2/c17-8-11-10(13-3-1-5-23-13)7-12(14-4-2-6-24-14)18-16(11)25-9-15-19-21-22-20-15/h1-7H,9H2,(H,19,20,21,22). The summed E-state index contributed by atoms with van der Waals surface area (Å²) in [7, 11) is 0. The van der Waals surface area contributed by atoms with Gasteiger partial charge in [0.25, 0.3) is 0 Å². The van der Waals surface area contributed by atoms with Crippen LogP contribution in [0.2, 0.25) is 0 Å². The van der Waals surface area contributed by atoms with Crippen LogP contribution in [0, 0.1) is 11.3 Å². The van der Waals surface area contributed by atoms with Crippen LogP contribution in [0.4, 0.5) is 0 Å². The number of aromatic amines is 1. The van der Waals surface area contributed by atoms with E-state index in [1.807, 2.05) is 29.6 Å². The summed E-state index contributed by atoms with van der Waals surface area (Å²) in [6, 6.07) is 11.7. The van der Waals surface area contributed by atoms with E-state index in [1.54, 1.807) is 23.7 Å². The van der Waals surface area contributed by atoms with Gasteiger partial charge in [-0.3, -0.25) is 0 Å². The third-order valence-corrected chi connectivity index (χ3v) is 5.25. The molecule has 0 aliphatic carbocycles. The number of hydrogen-bond acceptors (Lipinski definition) is 8. The van der Waals surface area contributed by atoms with Gasteiger partial charge in [0.05, 0.1) is 28.2 Å². The quantitative estimate of drug-likeness (QED) is 0.536. The zero-order valence-corrected chi connectivity index (χ0v) is 14.3. The predicted octanol–water partition coefficient (Wildman–Crippen LogP) is 3.75. The Morgan fingerprint density at radius 2 is 2.28 bits per heavy atom. The number of nitrogens with zero attached hydrogens (tertiary/aromatic N) is 5. The molecule has 0 amide bonds. The second-order valence-electron chi connectivity index (χ2n) is 4.92. The van der Waals surface area contributed by atoms with E-state index >= 15 is 0 Å². The summed E-state index contributed by atoms with van der Waals surface area (Å²) in [6.07, 6.45) is 1.59. The van der Waals surface area contributed by atoms with Gasteiger partial charge in [0, 0.05) is 5.56 Å². The first-order chi connectivity index (χ1) is 12.3. The zero-order chi connectivity index (χ0) is 17.1. The minimum Gasteiger partial charge on any atom is -0.464 e. The first-order valence-electron chi connectivity index (χ1n) is 7.23. The van der Waals surface area contributed by atoms with Crippen molar-refractivity contribution < 1.29 is 4.42 Å². The molecule has 0 radical (unpaired) electrons. The number of aromatic nitrogens is 5. The van der Waals surface area contributed by atoms with E-state index in [1.165, 1.54) is 11.8 Å². The largest absolute Gasteiger partial charge is 0.464 e. The maximum atomic E-state index is 9.68. The van der Waals surface area contributed by atoms with Crippen LogP contribution >= 0.6 is 23.1 Å². The number of nitriles is 1. The molecule has 4 rings (SSSR count). The minimum atomic E-state index is 0.462. The van der Waals surface area contributed by atoms with E-state index in [0.29, 0.717) is 27.9 Å². The molecule has 25 heavy (non-hydrogen) atoms. The lowest BCUT2D eigenvalue weighted by Crippen LogP contribution is -1.95. The Bertz CT molecular complexity index is 1000. The summed E-state index contributed by atoms with van der Waals surface area (Å²) in [5.74, 6) is 1.65. The molecule has 0 aromatic carbocycles. The van der Waals surface area contributed by atoms with Gasteiger partial charge >= 0.3 is 0 Å². The second kappa shape index (κ2) is 6.88. The van der Waals surface area contributed by atoms with Crippen LogP contribution in [-0.2, 0) is 5.75 Å². The van der Waals surface area contributed by atoms with Gasteiger partial charge in [-0.2, -0.15) is 10.5 Å². The van der Waals surface area contributed by atoms with Crippen molar-refractivity contribution in [3.8, 4) is 28.0 Å². The Morgan fingerprint density at radius 3 is 2.96 bits per heavy atom. The fourth-order valence-electron chi connectivity index (χ4n) is 2.29. The van der Waals surface area contributed by atoms with Crippen molar-refractivity contribution in [2.24, 2.45) is 0 Å². The highest BCUT2D eigenvalue weighted by atomic mass is 32.2. The molecule has 122 valence electrons. The summed E-state index contributed by atoms with van der Waals surface area (Å²) in [4.78, 5) is 5.71. The van der Waals surface area contributed by atoms with E-state index in [9.17, 15) is 5.26 Å². The molecule has 7 nitrogen and oxygen atoms in total. The molecule has 0 saturated carbocycles. The average Bonchev–Trinajstić information content (AvgIpc) is 3.42. The van der Waals surface area contributed by atoms with Crippen molar-refractivity contribution in [3.05, 3.63) is 53.4 Å². The van der Waals surface area contributed by atoms with Crippen LogP contribution in [0.3, 0.4) is 0 Å². The third-order valence-electron chi connectivity index (χ3n) is 3.39. The SMILES string of the molecule is N#Cc1c(-c2ccco2)cc(-c2cccs2)nc1SCc1nn[nH]n1. The van der Waals surface area contributed by atoms with Crippen LogP contribution < -0.4 is 0 Å². The number of nitrogens with one attached hydrogen (secondary N) is 1. The molecule has 1 N–H and O–H groups in total. The molecule has 4 aromatic heterocycles. The Hall–Kier alpha value is -2.96. The number of thiophene rings is 1. The van der Waals surface area contributed by atoms with Crippen LogP contribution in [-0.4, -0.2) is 25.6 Å². The van der Waals surface area contributed by atoms with E-state index < -0.39 is 0 Å². The van der Waals surface area contributed by atoms with Crippen molar-refractivity contribution in [1.29, 1.82) is 5.26 Å². The summed E-state index contributed by atoms with van der Waals surface area (Å²) >= 11 is 2.99. The van der Waals surface area contributed by atoms with Gasteiger partial charge in [-0.25, -0.2) is 4.98 Å². The van der Waals surface area contributed by atoms with Crippen molar-refractivity contribution in [2.75, 3.05) is 0 Å². The number of furan rings is 1. The highest BCUT2D eigenvalue weighted by molar-refractivity contribution is 7.98. The van der Waals surface area contributed by atoms with Crippen LogP contribution in [0.25, 0.3) is 21.9 Å². The lowest BCUT2D eigenvalue weighted by Gasteiger charge is -2.09. The minimum absolute atomic E-state index is 0.462. The maximum absolute atomic E-state index is 9.68. The van der Waals surface area contributed by atoms with Gasteiger partial charge in [0.1, 0.15) is 16.9 Å². The molecule has 0 spiro atoms. The van der Waals surface area contributed by atoms with Gasteiger partial charge in [0.15, 0.2) is 5.82 Å². The summed E-state index contributed by atoms with van der Waals surface area (Å²) in [5, 5.41) is 26.1. The number of hydrogen-bond donors (Lipinski definition) is 1. The van der Waals surface area contributed by atoms with Gasteiger partial charge < -0.3 is 4.42 Å². The van der Waals surface area contributed by atoms with E-state index in [2.05, 4.69) is 31.7 Å². The van der Waals surface area contributed by atoms with Crippen LogP contribution in [0.1, 0.15) is 11.4 Å².